The molecule has 1 rings (SSSR count). The molecule has 0 unspecified atom stereocenters. The number of aromatic carboxylic acids is 1. The molecule has 0 aliphatic carbocycles. The smallest absolute Gasteiger partial charge is 0.347 e. The van der Waals surface area contributed by atoms with Crippen LogP contribution in [0.5, 0.6) is 0 Å². The van der Waals surface area contributed by atoms with Crippen molar-refractivity contribution in [2.45, 2.75) is 33.4 Å². The summed E-state index contributed by atoms with van der Waals surface area (Å²) < 4.78 is 0. The van der Waals surface area contributed by atoms with Crippen molar-refractivity contribution in [3.8, 4) is 0 Å². The molecule has 0 fully saturated rings. The zero-order chi connectivity index (χ0) is 13.0. The first-order valence-corrected chi connectivity index (χ1v) is 5.95. The van der Waals surface area contributed by atoms with Crippen molar-refractivity contribution in [2.75, 3.05) is 0 Å². The Hall–Kier alpha value is -1.63. The van der Waals surface area contributed by atoms with Crippen LogP contribution >= 0.6 is 11.3 Å². The highest BCUT2D eigenvalue weighted by Crippen LogP contribution is 2.17. The number of carbonyl (C=O) groups excluding carboxylic acids is 1. The van der Waals surface area contributed by atoms with E-state index in [0.29, 0.717) is 10.7 Å². The third-order valence-corrected chi connectivity index (χ3v) is 3.00. The van der Waals surface area contributed by atoms with Crippen LogP contribution in [0.25, 0.3) is 0 Å². The lowest BCUT2D eigenvalue weighted by Gasteiger charge is -2.08. The molecule has 2 amide bonds. The second kappa shape index (κ2) is 5.62. The van der Waals surface area contributed by atoms with Gasteiger partial charge in [-0.25, -0.2) is 14.6 Å². The monoisotopic (exact) mass is 257 g/mol. The Labute approximate surface area is 103 Å². The molecule has 94 valence electrons. The summed E-state index contributed by atoms with van der Waals surface area (Å²) in [6.45, 7) is 5.58. The van der Waals surface area contributed by atoms with E-state index in [9.17, 15) is 9.59 Å². The Morgan fingerprint density at radius 3 is 2.59 bits per heavy atom. The van der Waals surface area contributed by atoms with E-state index >= 15 is 0 Å². The molecule has 0 atom stereocenters. The van der Waals surface area contributed by atoms with Crippen LogP contribution in [-0.4, -0.2) is 28.1 Å². The van der Waals surface area contributed by atoms with Crippen molar-refractivity contribution >= 4 is 23.3 Å². The number of amides is 2. The molecule has 0 radical (unpaired) electrons. The van der Waals surface area contributed by atoms with Gasteiger partial charge in [0, 0.05) is 6.04 Å². The molecule has 0 spiro atoms. The van der Waals surface area contributed by atoms with Crippen LogP contribution in [-0.2, 0) is 6.54 Å². The molecule has 1 aromatic rings. The molecule has 7 heteroatoms. The summed E-state index contributed by atoms with van der Waals surface area (Å²) in [4.78, 5) is 26.4. The number of aromatic nitrogens is 1. The third-order valence-electron chi connectivity index (χ3n) is 1.86. The summed E-state index contributed by atoms with van der Waals surface area (Å²) in [6.07, 6.45) is 0. The number of thiazole rings is 1. The largest absolute Gasteiger partial charge is 0.477 e. The van der Waals surface area contributed by atoms with Crippen LogP contribution in [0, 0.1) is 6.92 Å². The first-order valence-electron chi connectivity index (χ1n) is 5.14. The molecule has 6 nitrogen and oxygen atoms in total. The Balaban J connectivity index is 2.55. The van der Waals surface area contributed by atoms with Crippen molar-refractivity contribution < 1.29 is 14.7 Å². The van der Waals surface area contributed by atoms with Crippen LogP contribution in [0.1, 0.15) is 34.2 Å². The molecule has 0 saturated heterocycles. The van der Waals surface area contributed by atoms with Crippen molar-refractivity contribution in [2.24, 2.45) is 0 Å². The number of carboxylic acids is 1. The second-order valence-electron chi connectivity index (χ2n) is 3.81. The maximum Gasteiger partial charge on any atom is 0.347 e. The summed E-state index contributed by atoms with van der Waals surface area (Å²) in [6, 6.07) is -0.229. The number of nitrogens with zero attached hydrogens (tertiary/aromatic N) is 1. The van der Waals surface area contributed by atoms with Crippen molar-refractivity contribution in [1.82, 2.24) is 15.6 Å². The van der Waals surface area contributed by atoms with Crippen LogP contribution in [0.2, 0.25) is 0 Å². The van der Waals surface area contributed by atoms with E-state index in [2.05, 4.69) is 15.6 Å². The first kappa shape index (κ1) is 13.4. The predicted molar refractivity (Wildman–Crippen MR) is 64.3 cm³/mol. The standard InChI is InChI=1S/C10H15N3O3S/c1-5(2)12-10(16)11-4-7-13-6(3)8(17-7)9(14)15/h5H,4H2,1-3H3,(H,14,15)(H2,11,12,16). The van der Waals surface area contributed by atoms with Gasteiger partial charge in [-0.15, -0.1) is 11.3 Å². The summed E-state index contributed by atoms with van der Waals surface area (Å²) in [7, 11) is 0. The van der Waals surface area contributed by atoms with Gasteiger partial charge in [-0.2, -0.15) is 0 Å². The van der Waals surface area contributed by atoms with Crippen LogP contribution < -0.4 is 10.6 Å². The first-order chi connectivity index (χ1) is 7.90. The predicted octanol–water partition coefficient (Wildman–Crippen LogP) is 1.36. The molecule has 1 aromatic heterocycles. The number of hydrogen-bond donors (Lipinski definition) is 3. The molecule has 0 aliphatic rings. The number of nitrogens with one attached hydrogen (secondary N) is 2. The minimum atomic E-state index is -0.988. The molecule has 3 N–H and O–H groups in total. The molecule has 0 saturated carbocycles. The number of rotatable bonds is 4. The summed E-state index contributed by atoms with van der Waals surface area (Å²) in [5, 5.41) is 14.7. The third kappa shape index (κ3) is 4.03. The van der Waals surface area contributed by atoms with Crippen LogP contribution in [0.4, 0.5) is 4.79 Å². The van der Waals surface area contributed by atoms with Gasteiger partial charge in [0.25, 0.3) is 0 Å². The molecular formula is C10H15N3O3S. The Bertz CT molecular complexity index is 428. The summed E-state index contributed by atoms with van der Waals surface area (Å²) in [5.74, 6) is -0.988. The molecule has 1 heterocycles. The fourth-order valence-corrected chi connectivity index (χ4v) is 2.04. The Morgan fingerprint density at radius 2 is 2.12 bits per heavy atom. The highest BCUT2D eigenvalue weighted by molar-refractivity contribution is 7.13. The van der Waals surface area contributed by atoms with Crippen LogP contribution in [0.15, 0.2) is 0 Å². The molecular weight excluding hydrogens is 242 g/mol. The molecule has 0 bridgehead atoms. The van der Waals surface area contributed by atoms with Gasteiger partial charge in [-0.05, 0) is 20.8 Å². The van der Waals surface area contributed by atoms with E-state index in [1.807, 2.05) is 13.8 Å². The zero-order valence-electron chi connectivity index (χ0n) is 9.90. The fourth-order valence-electron chi connectivity index (χ4n) is 1.20. The van der Waals surface area contributed by atoms with Crippen LogP contribution in [0.3, 0.4) is 0 Å². The average Bonchev–Trinajstić information content (AvgIpc) is 2.56. The number of carboxylic acid groups (broad SMARTS) is 1. The zero-order valence-corrected chi connectivity index (χ0v) is 10.7. The van der Waals surface area contributed by atoms with Gasteiger partial charge in [0.15, 0.2) is 0 Å². The van der Waals surface area contributed by atoms with Gasteiger partial charge in [-0.3, -0.25) is 0 Å². The lowest BCUT2D eigenvalue weighted by molar-refractivity contribution is 0.0701. The minimum Gasteiger partial charge on any atom is -0.477 e. The lowest BCUT2D eigenvalue weighted by Crippen LogP contribution is -2.39. The number of urea groups is 1. The fraction of sp³-hybridized carbons (Fsp3) is 0.500. The van der Waals surface area contributed by atoms with Crippen molar-refractivity contribution in [3.05, 3.63) is 15.6 Å². The lowest BCUT2D eigenvalue weighted by atomic mass is 10.4. The number of aryl methyl sites for hydroxylation is 1. The van der Waals surface area contributed by atoms with Crippen molar-refractivity contribution in [1.29, 1.82) is 0 Å². The van der Waals surface area contributed by atoms with Gasteiger partial charge in [-0.1, -0.05) is 0 Å². The van der Waals surface area contributed by atoms with Gasteiger partial charge < -0.3 is 15.7 Å². The van der Waals surface area contributed by atoms with E-state index < -0.39 is 5.97 Å². The topological polar surface area (TPSA) is 91.3 Å². The van der Waals surface area contributed by atoms with Gasteiger partial charge in [0.05, 0.1) is 12.2 Å². The number of carbonyl (C=O) groups is 2. The van der Waals surface area contributed by atoms with Crippen molar-refractivity contribution in [3.63, 3.8) is 0 Å². The maximum atomic E-state index is 11.3. The molecule has 0 aromatic carbocycles. The van der Waals surface area contributed by atoms with Gasteiger partial charge in [0.2, 0.25) is 0 Å². The van der Waals surface area contributed by atoms with E-state index in [-0.39, 0.29) is 23.5 Å². The van der Waals surface area contributed by atoms with E-state index in [1.54, 1.807) is 6.92 Å². The Kier molecular flexibility index (Phi) is 4.45. The summed E-state index contributed by atoms with van der Waals surface area (Å²) >= 11 is 1.08. The van der Waals surface area contributed by atoms with Gasteiger partial charge in [0.1, 0.15) is 9.88 Å². The minimum absolute atomic E-state index is 0.0580. The molecule has 17 heavy (non-hydrogen) atoms. The quantitative estimate of drug-likeness (QED) is 0.759. The van der Waals surface area contributed by atoms with E-state index in [1.165, 1.54) is 0 Å². The molecule has 0 aliphatic heterocycles. The average molecular weight is 257 g/mol. The normalized spacial score (nSPS) is 10.4. The maximum absolute atomic E-state index is 11.3. The highest BCUT2D eigenvalue weighted by atomic mass is 32.1. The number of hydrogen-bond acceptors (Lipinski definition) is 4. The SMILES string of the molecule is Cc1nc(CNC(=O)NC(C)C)sc1C(=O)O. The highest BCUT2D eigenvalue weighted by Gasteiger charge is 2.14. The summed E-state index contributed by atoms with van der Waals surface area (Å²) in [5.41, 5.74) is 0.476. The second-order valence-corrected chi connectivity index (χ2v) is 4.89. The Morgan fingerprint density at radius 1 is 1.47 bits per heavy atom. The van der Waals surface area contributed by atoms with Gasteiger partial charge >= 0.3 is 12.0 Å². The van der Waals surface area contributed by atoms with E-state index in [0.717, 1.165) is 11.3 Å². The van der Waals surface area contributed by atoms with E-state index in [4.69, 9.17) is 5.11 Å².